The lowest BCUT2D eigenvalue weighted by Crippen LogP contribution is -2.27. The van der Waals surface area contributed by atoms with E-state index in [-0.39, 0.29) is 16.8 Å². The van der Waals surface area contributed by atoms with E-state index < -0.39 is 10.0 Å². The summed E-state index contributed by atoms with van der Waals surface area (Å²) >= 11 is 0. The molecule has 6 heteroatoms. The molecule has 0 aliphatic carbocycles. The summed E-state index contributed by atoms with van der Waals surface area (Å²) in [5.74, 6) is -0.205. The number of hydrogen-bond acceptors (Lipinski definition) is 3. The fourth-order valence-electron chi connectivity index (χ4n) is 2.91. The average molecular weight is 368 g/mol. The predicted octanol–water partition coefficient (Wildman–Crippen LogP) is 3.84. The van der Waals surface area contributed by atoms with Gasteiger partial charge in [0.1, 0.15) is 0 Å². The Balaban J connectivity index is 1.85. The van der Waals surface area contributed by atoms with Crippen molar-refractivity contribution in [1.82, 2.24) is 4.72 Å². The van der Waals surface area contributed by atoms with E-state index in [9.17, 15) is 13.2 Å². The first-order valence-corrected chi connectivity index (χ1v) is 9.73. The third kappa shape index (κ3) is 3.92. The van der Waals surface area contributed by atoms with E-state index in [4.69, 9.17) is 0 Å². The van der Waals surface area contributed by atoms with Crippen LogP contribution in [-0.4, -0.2) is 14.3 Å². The highest BCUT2D eigenvalue weighted by Gasteiger charge is 2.19. The van der Waals surface area contributed by atoms with Crippen LogP contribution in [0.1, 0.15) is 25.5 Å². The van der Waals surface area contributed by atoms with E-state index >= 15 is 0 Å². The number of sulfonamides is 1. The number of carbonyl (C=O) groups is 1. The molecule has 26 heavy (non-hydrogen) atoms. The molecule has 0 bridgehead atoms. The molecule has 2 N–H and O–H groups in total. The number of benzene rings is 3. The minimum atomic E-state index is -3.68. The van der Waals surface area contributed by atoms with E-state index in [0.717, 1.165) is 16.3 Å². The Labute approximate surface area is 153 Å². The molecule has 0 aliphatic rings. The molecule has 0 radical (unpaired) electrons. The van der Waals surface area contributed by atoms with E-state index in [2.05, 4.69) is 10.0 Å². The molecule has 0 fully saturated rings. The summed E-state index contributed by atoms with van der Waals surface area (Å²) in [5.41, 5.74) is 1.47. The Kier molecular flexibility index (Phi) is 5.06. The molecule has 0 saturated carbocycles. The van der Waals surface area contributed by atoms with Crippen molar-refractivity contribution in [2.75, 3.05) is 5.32 Å². The van der Waals surface area contributed by atoms with Crippen LogP contribution in [0.3, 0.4) is 0 Å². The molecule has 0 spiro atoms. The van der Waals surface area contributed by atoms with Crippen LogP contribution < -0.4 is 10.0 Å². The fraction of sp³-hybridized carbons (Fsp3) is 0.150. The highest BCUT2D eigenvalue weighted by Crippen LogP contribution is 2.25. The second kappa shape index (κ2) is 7.27. The van der Waals surface area contributed by atoms with Crippen molar-refractivity contribution in [3.05, 3.63) is 72.3 Å². The van der Waals surface area contributed by atoms with Crippen LogP contribution in [-0.2, 0) is 14.8 Å². The van der Waals surface area contributed by atoms with Crippen molar-refractivity contribution in [1.29, 1.82) is 0 Å². The smallest absolute Gasteiger partial charge is 0.241 e. The van der Waals surface area contributed by atoms with Crippen molar-refractivity contribution in [2.24, 2.45) is 0 Å². The molecule has 1 amide bonds. The van der Waals surface area contributed by atoms with E-state index in [1.165, 1.54) is 19.1 Å². The Bertz CT molecular complexity index is 1040. The van der Waals surface area contributed by atoms with Gasteiger partial charge in [-0.2, -0.15) is 0 Å². The maximum absolute atomic E-state index is 12.7. The molecule has 3 aromatic carbocycles. The minimum Gasteiger partial charge on any atom is -0.326 e. The highest BCUT2D eigenvalue weighted by molar-refractivity contribution is 7.89. The van der Waals surface area contributed by atoms with Gasteiger partial charge in [-0.05, 0) is 47.5 Å². The molecule has 1 unspecified atom stereocenters. The van der Waals surface area contributed by atoms with Gasteiger partial charge >= 0.3 is 0 Å². The summed E-state index contributed by atoms with van der Waals surface area (Å²) in [4.78, 5) is 11.2. The second-order valence-corrected chi connectivity index (χ2v) is 7.83. The van der Waals surface area contributed by atoms with Crippen LogP contribution in [0.4, 0.5) is 5.69 Å². The third-order valence-corrected chi connectivity index (χ3v) is 5.66. The first-order valence-electron chi connectivity index (χ1n) is 8.24. The van der Waals surface area contributed by atoms with Gasteiger partial charge in [0.25, 0.3) is 0 Å². The van der Waals surface area contributed by atoms with Crippen LogP contribution in [0.25, 0.3) is 10.8 Å². The fourth-order valence-corrected chi connectivity index (χ4v) is 4.14. The van der Waals surface area contributed by atoms with Gasteiger partial charge < -0.3 is 5.32 Å². The predicted molar refractivity (Wildman–Crippen MR) is 103 cm³/mol. The SMILES string of the molecule is CC(=O)Nc1ccc(S(=O)(=O)NC(C)c2cccc3ccccc23)cc1. The van der Waals surface area contributed by atoms with Crippen molar-refractivity contribution in [3.8, 4) is 0 Å². The molecule has 0 heterocycles. The number of nitrogens with one attached hydrogen (secondary N) is 2. The lowest BCUT2D eigenvalue weighted by atomic mass is 10.0. The number of anilines is 1. The van der Waals surface area contributed by atoms with E-state index in [1.54, 1.807) is 12.1 Å². The van der Waals surface area contributed by atoms with Gasteiger partial charge in [0.15, 0.2) is 0 Å². The Morgan fingerprint density at radius 1 is 0.923 bits per heavy atom. The average Bonchev–Trinajstić information content (AvgIpc) is 2.60. The standard InChI is InChI=1S/C20H20N2O3S/c1-14(19-9-5-7-16-6-3-4-8-20(16)19)22-26(24,25)18-12-10-17(11-13-18)21-15(2)23/h3-14,22H,1-2H3,(H,21,23). The van der Waals surface area contributed by atoms with Crippen molar-refractivity contribution in [2.45, 2.75) is 24.8 Å². The second-order valence-electron chi connectivity index (χ2n) is 6.12. The normalized spacial score (nSPS) is 12.7. The van der Waals surface area contributed by atoms with E-state index in [1.807, 2.05) is 49.4 Å². The van der Waals surface area contributed by atoms with Crippen LogP contribution in [0.15, 0.2) is 71.6 Å². The first kappa shape index (κ1) is 18.1. The number of amides is 1. The molecule has 3 rings (SSSR count). The van der Waals surface area contributed by atoms with E-state index in [0.29, 0.717) is 5.69 Å². The third-order valence-electron chi connectivity index (χ3n) is 4.11. The van der Waals surface area contributed by atoms with Gasteiger partial charge in [-0.1, -0.05) is 42.5 Å². The summed E-state index contributed by atoms with van der Waals surface area (Å²) in [6, 6.07) is 19.4. The molecule has 1 atom stereocenters. The number of hydrogen-bond donors (Lipinski definition) is 2. The summed E-state index contributed by atoms with van der Waals surface area (Å²) in [5, 5.41) is 4.70. The van der Waals surface area contributed by atoms with Gasteiger partial charge in [0, 0.05) is 18.7 Å². The summed E-state index contributed by atoms with van der Waals surface area (Å²) in [6.45, 7) is 3.23. The van der Waals surface area contributed by atoms with Gasteiger partial charge in [-0.15, -0.1) is 0 Å². The quantitative estimate of drug-likeness (QED) is 0.718. The van der Waals surface area contributed by atoms with Crippen LogP contribution >= 0.6 is 0 Å². The zero-order valence-corrected chi connectivity index (χ0v) is 15.4. The first-order chi connectivity index (χ1) is 12.4. The zero-order valence-electron chi connectivity index (χ0n) is 14.6. The number of rotatable bonds is 5. The van der Waals surface area contributed by atoms with Crippen molar-refractivity contribution >= 4 is 32.4 Å². The summed E-state index contributed by atoms with van der Waals surface area (Å²) in [7, 11) is -3.68. The molecule has 0 aliphatic heterocycles. The van der Waals surface area contributed by atoms with Crippen LogP contribution in [0, 0.1) is 0 Å². The van der Waals surface area contributed by atoms with Gasteiger partial charge in [0.05, 0.1) is 4.90 Å². The Hall–Kier alpha value is -2.70. The molecule has 0 aromatic heterocycles. The molecule has 5 nitrogen and oxygen atoms in total. The molecular formula is C20H20N2O3S. The summed E-state index contributed by atoms with van der Waals surface area (Å²) in [6.07, 6.45) is 0. The maximum atomic E-state index is 12.7. The van der Waals surface area contributed by atoms with Gasteiger partial charge in [-0.25, -0.2) is 13.1 Å². The van der Waals surface area contributed by atoms with Crippen LogP contribution in [0.2, 0.25) is 0 Å². The summed E-state index contributed by atoms with van der Waals surface area (Å²) < 4.78 is 28.1. The van der Waals surface area contributed by atoms with Gasteiger partial charge in [0.2, 0.25) is 15.9 Å². The molecular weight excluding hydrogens is 348 g/mol. The largest absolute Gasteiger partial charge is 0.326 e. The Morgan fingerprint density at radius 2 is 1.58 bits per heavy atom. The molecule has 3 aromatic rings. The highest BCUT2D eigenvalue weighted by atomic mass is 32.2. The zero-order chi connectivity index (χ0) is 18.7. The Morgan fingerprint density at radius 3 is 2.27 bits per heavy atom. The monoisotopic (exact) mass is 368 g/mol. The molecule has 0 saturated heterocycles. The number of fused-ring (bicyclic) bond motifs is 1. The number of carbonyl (C=O) groups excluding carboxylic acids is 1. The maximum Gasteiger partial charge on any atom is 0.241 e. The van der Waals surface area contributed by atoms with Gasteiger partial charge in [-0.3, -0.25) is 4.79 Å². The van der Waals surface area contributed by atoms with Crippen molar-refractivity contribution < 1.29 is 13.2 Å². The lowest BCUT2D eigenvalue weighted by molar-refractivity contribution is -0.114. The lowest BCUT2D eigenvalue weighted by Gasteiger charge is -2.17. The minimum absolute atomic E-state index is 0.152. The topological polar surface area (TPSA) is 75.3 Å². The van der Waals surface area contributed by atoms with Crippen LogP contribution in [0.5, 0.6) is 0 Å². The van der Waals surface area contributed by atoms with Crippen molar-refractivity contribution in [3.63, 3.8) is 0 Å². The molecule has 134 valence electrons.